The molecule has 2 rings (SSSR count). The predicted octanol–water partition coefficient (Wildman–Crippen LogP) is 3.89. The van der Waals surface area contributed by atoms with E-state index in [9.17, 15) is 0 Å². The van der Waals surface area contributed by atoms with Gasteiger partial charge >= 0.3 is 0 Å². The summed E-state index contributed by atoms with van der Waals surface area (Å²) in [4.78, 5) is 0. The Kier molecular flexibility index (Phi) is 5.72. The smallest absolute Gasteiger partial charge is 0.161 e. The van der Waals surface area contributed by atoms with E-state index in [1.54, 1.807) is 0 Å². The minimum absolute atomic E-state index is 0.334. The lowest BCUT2D eigenvalue weighted by molar-refractivity contribution is 0.124. The van der Waals surface area contributed by atoms with Crippen molar-refractivity contribution in [3.8, 4) is 11.5 Å². The highest BCUT2D eigenvalue weighted by atomic mass is 16.5. The lowest BCUT2D eigenvalue weighted by Gasteiger charge is -2.29. The van der Waals surface area contributed by atoms with E-state index in [2.05, 4.69) is 6.92 Å². The predicted molar refractivity (Wildman–Crippen MR) is 82.2 cm³/mol. The van der Waals surface area contributed by atoms with Gasteiger partial charge < -0.3 is 15.2 Å². The van der Waals surface area contributed by atoms with Crippen molar-refractivity contribution in [2.24, 2.45) is 11.7 Å². The summed E-state index contributed by atoms with van der Waals surface area (Å²) in [6.07, 6.45) is 6.51. The summed E-state index contributed by atoms with van der Waals surface area (Å²) < 4.78 is 11.8. The van der Waals surface area contributed by atoms with E-state index in [1.165, 1.54) is 19.3 Å². The van der Waals surface area contributed by atoms with Gasteiger partial charge in [0.2, 0.25) is 0 Å². The minimum atomic E-state index is 0.334. The molecule has 0 bridgehead atoms. The second kappa shape index (κ2) is 7.53. The van der Waals surface area contributed by atoms with Gasteiger partial charge in [0.15, 0.2) is 11.5 Å². The zero-order valence-corrected chi connectivity index (χ0v) is 12.7. The van der Waals surface area contributed by atoms with Crippen molar-refractivity contribution in [2.75, 3.05) is 6.61 Å². The van der Waals surface area contributed by atoms with Crippen molar-refractivity contribution in [3.05, 3.63) is 23.8 Å². The minimum Gasteiger partial charge on any atom is -0.490 e. The number of nitrogens with two attached hydrogens (primary N) is 1. The molecule has 0 heterocycles. The van der Waals surface area contributed by atoms with Gasteiger partial charge in [0.1, 0.15) is 0 Å². The van der Waals surface area contributed by atoms with E-state index >= 15 is 0 Å². The van der Waals surface area contributed by atoms with Crippen LogP contribution in [0.5, 0.6) is 11.5 Å². The molecular formula is C17H27NO2. The maximum atomic E-state index is 6.17. The first-order valence-electron chi connectivity index (χ1n) is 7.89. The number of hydrogen-bond acceptors (Lipinski definition) is 3. The molecular weight excluding hydrogens is 250 g/mol. The molecule has 1 aliphatic rings. The fraction of sp³-hybridized carbons (Fsp3) is 0.647. The van der Waals surface area contributed by atoms with Crippen molar-refractivity contribution in [3.63, 3.8) is 0 Å². The van der Waals surface area contributed by atoms with Crippen LogP contribution in [0.15, 0.2) is 18.2 Å². The molecule has 0 saturated heterocycles. The van der Waals surface area contributed by atoms with Crippen molar-refractivity contribution < 1.29 is 9.47 Å². The topological polar surface area (TPSA) is 44.5 Å². The Labute approximate surface area is 122 Å². The highest BCUT2D eigenvalue weighted by molar-refractivity contribution is 5.43. The summed E-state index contributed by atoms with van der Waals surface area (Å²) in [6.45, 7) is 5.45. The zero-order chi connectivity index (χ0) is 14.4. The molecule has 0 aliphatic heterocycles. The number of benzene rings is 1. The standard InChI is InChI=1S/C17H27NO2/c1-3-13-5-8-15(9-6-13)20-16-10-7-14(12-18)11-17(16)19-4-2/h7,10-11,13,15H,3-6,8-9,12,18H2,1-2H3. The molecule has 112 valence electrons. The van der Waals surface area contributed by atoms with Crippen molar-refractivity contribution >= 4 is 0 Å². The second-order valence-electron chi connectivity index (χ2n) is 5.59. The zero-order valence-electron chi connectivity index (χ0n) is 12.7. The normalized spacial score (nSPS) is 22.6. The van der Waals surface area contributed by atoms with Gasteiger partial charge in [-0.3, -0.25) is 0 Å². The van der Waals surface area contributed by atoms with Crippen LogP contribution in [0.25, 0.3) is 0 Å². The molecule has 2 N–H and O–H groups in total. The van der Waals surface area contributed by atoms with Crippen molar-refractivity contribution in [1.29, 1.82) is 0 Å². The van der Waals surface area contributed by atoms with Gasteiger partial charge in [0.05, 0.1) is 12.7 Å². The van der Waals surface area contributed by atoms with Crippen LogP contribution in [0, 0.1) is 5.92 Å². The van der Waals surface area contributed by atoms with E-state index in [-0.39, 0.29) is 0 Å². The van der Waals surface area contributed by atoms with Gasteiger partial charge in [-0.1, -0.05) is 19.4 Å². The molecule has 0 aromatic heterocycles. The van der Waals surface area contributed by atoms with Gasteiger partial charge in [-0.05, 0) is 56.2 Å². The lowest BCUT2D eigenvalue weighted by atomic mass is 9.86. The average molecular weight is 277 g/mol. The Morgan fingerprint density at radius 1 is 1.10 bits per heavy atom. The van der Waals surface area contributed by atoms with Gasteiger partial charge in [-0.2, -0.15) is 0 Å². The third-order valence-corrected chi connectivity index (χ3v) is 4.21. The Morgan fingerprint density at radius 3 is 2.45 bits per heavy atom. The lowest BCUT2D eigenvalue weighted by Crippen LogP contribution is -2.24. The van der Waals surface area contributed by atoms with Crippen LogP contribution in [0.3, 0.4) is 0 Å². The summed E-state index contributed by atoms with van der Waals surface area (Å²) in [5.74, 6) is 2.58. The van der Waals surface area contributed by atoms with Crippen LogP contribution in [0.1, 0.15) is 51.5 Å². The quantitative estimate of drug-likeness (QED) is 0.858. The SMILES string of the molecule is CCOc1cc(CN)ccc1OC1CCC(CC)CC1. The van der Waals surface area contributed by atoms with E-state index in [0.717, 1.165) is 35.8 Å². The molecule has 3 nitrogen and oxygen atoms in total. The first-order valence-corrected chi connectivity index (χ1v) is 7.89. The summed E-state index contributed by atoms with van der Waals surface area (Å²) in [5.41, 5.74) is 6.76. The molecule has 1 saturated carbocycles. The third-order valence-electron chi connectivity index (χ3n) is 4.21. The third kappa shape index (κ3) is 3.89. The Bertz CT molecular complexity index is 411. The molecule has 0 spiro atoms. The van der Waals surface area contributed by atoms with Crippen LogP contribution in [-0.2, 0) is 6.54 Å². The van der Waals surface area contributed by atoms with Crippen LogP contribution in [0.4, 0.5) is 0 Å². The molecule has 0 radical (unpaired) electrons. The Balaban J connectivity index is 2.01. The number of rotatable bonds is 6. The summed E-state index contributed by atoms with van der Waals surface area (Å²) in [6, 6.07) is 6.02. The average Bonchev–Trinajstić information content (AvgIpc) is 2.50. The first kappa shape index (κ1) is 15.2. The molecule has 0 amide bonds. The number of hydrogen-bond donors (Lipinski definition) is 1. The summed E-state index contributed by atoms with van der Waals surface area (Å²) >= 11 is 0. The molecule has 3 heteroatoms. The Hall–Kier alpha value is -1.22. The van der Waals surface area contributed by atoms with Gasteiger partial charge in [-0.25, -0.2) is 0 Å². The maximum absolute atomic E-state index is 6.17. The highest BCUT2D eigenvalue weighted by Crippen LogP contribution is 2.34. The Morgan fingerprint density at radius 2 is 1.85 bits per heavy atom. The van der Waals surface area contributed by atoms with E-state index in [4.69, 9.17) is 15.2 Å². The largest absolute Gasteiger partial charge is 0.490 e. The highest BCUT2D eigenvalue weighted by Gasteiger charge is 2.22. The van der Waals surface area contributed by atoms with Gasteiger partial charge in [0.25, 0.3) is 0 Å². The second-order valence-corrected chi connectivity index (χ2v) is 5.59. The van der Waals surface area contributed by atoms with Crippen LogP contribution >= 0.6 is 0 Å². The van der Waals surface area contributed by atoms with Crippen LogP contribution < -0.4 is 15.2 Å². The van der Waals surface area contributed by atoms with Crippen LogP contribution in [0.2, 0.25) is 0 Å². The molecule has 1 aromatic rings. The maximum Gasteiger partial charge on any atom is 0.161 e. The monoisotopic (exact) mass is 277 g/mol. The molecule has 0 unspecified atom stereocenters. The number of ether oxygens (including phenoxy) is 2. The summed E-state index contributed by atoms with van der Waals surface area (Å²) in [7, 11) is 0. The summed E-state index contributed by atoms with van der Waals surface area (Å²) in [5, 5.41) is 0. The van der Waals surface area contributed by atoms with Crippen LogP contribution in [-0.4, -0.2) is 12.7 Å². The van der Waals surface area contributed by atoms with E-state index < -0.39 is 0 Å². The molecule has 0 atom stereocenters. The first-order chi connectivity index (χ1) is 9.76. The van der Waals surface area contributed by atoms with Gasteiger partial charge in [0, 0.05) is 6.54 Å². The molecule has 1 aromatic carbocycles. The fourth-order valence-electron chi connectivity index (χ4n) is 2.88. The van der Waals surface area contributed by atoms with Crippen molar-refractivity contribution in [1.82, 2.24) is 0 Å². The fourth-order valence-corrected chi connectivity index (χ4v) is 2.88. The van der Waals surface area contributed by atoms with Gasteiger partial charge in [-0.15, -0.1) is 0 Å². The van der Waals surface area contributed by atoms with Crippen molar-refractivity contribution in [2.45, 2.75) is 58.6 Å². The van der Waals surface area contributed by atoms with E-state index in [1.807, 2.05) is 25.1 Å². The molecule has 1 fully saturated rings. The molecule has 1 aliphatic carbocycles. The molecule has 20 heavy (non-hydrogen) atoms. The van der Waals surface area contributed by atoms with E-state index in [0.29, 0.717) is 19.3 Å².